The van der Waals surface area contributed by atoms with Crippen molar-refractivity contribution in [1.29, 1.82) is 0 Å². The van der Waals surface area contributed by atoms with E-state index in [0.717, 1.165) is 44.4 Å². The molecule has 4 bridgehead atoms. The van der Waals surface area contributed by atoms with Crippen LogP contribution in [0.3, 0.4) is 0 Å². The highest BCUT2D eigenvalue weighted by atomic mass is 32.2. The Morgan fingerprint density at radius 1 is 0.950 bits per heavy atom. The molecule has 0 amide bonds. The summed E-state index contributed by atoms with van der Waals surface area (Å²) < 4.78 is 103. The van der Waals surface area contributed by atoms with Crippen molar-refractivity contribution in [2.24, 2.45) is 11.7 Å². The second kappa shape index (κ2) is 12.0. The van der Waals surface area contributed by atoms with E-state index in [1.54, 1.807) is 0 Å². The number of hydrazine groups is 1. The molecule has 40 heavy (non-hydrogen) atoms. The summed E-state index contributed by atoms with van der Waals surface area (Å²) in [6.45, 7) is 0.756. The standard InChI is InChI=1S/C25H35F6N5O3S/c26-24(27,28)17-7-3-1-2-5-14-6-4-12-36(14)21-19(13-18(32)20(33-21)23-35-34-22(17)38-23)40(37)16-10-8-15(9-11-16)39-25(29,30)31/h8-11,14,17-23,33-35H,1-7,12-13,32H2/t14-,17?,18?,19?,20?,21?,22?,23?,40?/m1/s1. The number of alkyl halides is 6. The summed E-state index contributed by atoms with van der Waals surface area (Å²) in [6, 6.07) is 3.94. The number of rotatable bonds is 3. The lowest BCUT2D eigenvalue weighted by atomic mass is 9.93. The molecule has 5 rings (SSSR count). The van der Waals surface area contributed by atoms with Gasteiger partial charge >= 0.3 is 12.5 Å². The van der Waals surface area contributed by atoms with Crippen molar-refractivity contribution in [2.45, 2.75) is 111 Å². The molecular formula is C25H35F6N5O3S. The minimum atomic E-state index is -4.84. The number of nitrogens with two attached hydrogens (primary N) is 1. The summed E-state index contributed by atoms with van der Waals surface area (Å²) in [5.74, 6) is -2.08. The molecule has 0 saturated carbocycles. The highest BCUT2D eigenvalue weighted by Gasteiger charge is 2.52. The fraction of sp³-hybridized carbons (Fsp3) is 0.760. The molecule has 8 nitrogen and oxygen atoms in total. The van der Waals surface area contributed by atoms with Crippen LogP contribution in [0.25, 0.3) is 0 Å². The van der Waals surface area contributed by atoms with Gasteiger partial charge in [0.2, 0.25) is 0 Å². The molecule has 4 heterocycles. The quantitative estimate of drug-likeness (QED) is 0.392. The number of halogens is 6. The fourth-order valence-corrected chi connectivity index (χ4v) is 8.07. The van der Waals surface area contributed by atoms with Crippen LogP contribution in [0.15, 0.2) is 29.2 Å². The molecule has 226 valence electrons. The molecule has 0 spiro atoms. The van der Waals surface area contributed by atoms with Gasteiger partial charge in [0.15, 0.2) is 0 Å². The second-order valence-corrected chi connectivity index (χ2v) is 12.6. The van der Waals surface area contributed by atoms with E-state index >= 15 is 0 Å². The zero-order chi connectivity index (χ0) is 28.7. The molecule has 4 fully saturated rings. The predicted octanol–water partition coefficient (Wildman–Crippen LogP) is 3.46. The summed E-state index contributed by atoms with van der Waals surface area (Å²) in [7, 11) is -1.65. The second-order valence-electron chi connectivity index (χ2n) is 11.0. The van der Waals surface area contributed by atoms with Gasteiger partial charge < -0.3 is 15.2 Å². The first-order valence-corrected chi connectivity index (χ1v) is 14.9. The topological polar surface area (TPSA) is 101 Å². The maximum absolute atomic E-state index is 13.9. The Bertz CT molecular complexity index is 1030. The van der Waals surface area contributed by atoms with Crippen LogP contribution >= 0.6 is 0 Å². The third-order valence-corrected chi connectivity index (χ3v) is 10.1. The summed E-state index contributed by atoms with van der Waals surface area (Å²) >= 11 is 0. The van der Waals surface area contributed by atoms with E-state index in [1.165, 1.54) is 12.1 Å². The van der Waals surface area contributed by atoms with Crippen LogP contribution in [0.4, 0.5) is 26.3 Å². The van der Waals surface area contributed by atoms with Gasteiger partial charge in [-0.2, -0.15) is 13.2 Å². The first-order chi connectivity index (χ1) is 18.9. The molecule has 1 aromatic carbocycles. The first kappa shape index (κ1) is 30.0. The number of ether oxygens (including phenoxy) is 2. The third-order valence-electron chi connectivity index (χ3n) is 8.35. The Kier molecular flexibility index (Phi) is 9.01. The molecule has 4 aliphatic heterocycles. The van der Waals surface area contributed by atoms with Gasteiger partial charge in [0.05, 0.1) is 34.2 Å². The number of hydrogen-bond donors (Lipinski definition) is 4. The molecule has 4 saturated heterocycles. The van der Waals surface area contributed by atoms with Crippen molar-refractivity contribution in [3.05, 3.63) is 24.3 Å². The average molecular weight is 600 g/mol. The van der Waals surface area contributed by atoms with Crippen molar-refractivity contribution < 1.29 is 40.0 Å². The van der Waals surface area contributed by atoms with E-state index in [9.17, 15) is 30.6 Å². The Morgan fingerprint density at radius 2 is 1.62 bits per heavy atom. The lowest BCUT2D eigenvalue weighted by Gasteiger charge is -2.47. The highest BCUT2D eigenvalue weighted by molar-refractivity contribution is 7.85. The van der Waals surface area contributed by atoms with Crippen molar-refractivity contribution in [3.8, 4) is 5.75 Å². The van der Waals surface area contributed by atoms with Crippen LogP contribution in [-0.4, -0.2) is 70.2 Å². The Morgan fingerprint density at radius 3 is 2.33 bits per heavy atom. The highest BCUT2D eigenvalue weighted by Crippen LogP contribution is 2.38. The molecule has 5 N–H and O–H groups in total. The average Bonchev–Trinajstić information content (AvgIpc) is 3.54. The minimum Gasteiger partial charge on any atom is -0.406 e. The zero-order valence-corrected chi connectivity index (χ0v) is 22.5. The molecule has 0 radical (unpaired) electrons. The molecule has 1 aromatic rings. The molecule has 0 aliphatic carbocycles. The van der Waals surface area contributed by atoms with Gasteiger partial charge in [0.25, 0.3) is 0 Å². The molecule has 8 unspecified atom stereocenters. The van der Waals surface area contributed by atoms with Crippen molar-refractivity contribution >= 4 is 10.8 Å². The van der Waals surface area contributed by atoms with Gasteiger partial charge in [0, 0.05) is 23.5 Å². The van der Waals surface area contributed by atoms with Gasteiger partial charge in [-0.15, -0.1) is 13.2 Å². The monoisotopic (exact) mass is 599 g/mol. The van der Waals surface area contributed by atoms with Gasteiger partial charge in [-0.25, -0.2) is 10.9 Å². The number of piperidine rings is 1. The van der Waals surface area contributed by atoms with Crippen molar-refractivity contribution in [2.75, 3.05) is 6.54 Å². The lowest BCUT2D eigenvalue weighted by Crippen LogP contribution is -2.70. The third kappa shape index (κ3) is 6.76. The Hall–Kier alpha value is -1.49. The van der Waals surface area contributed by atoms with E-state index in [2.05, 4.69) is 25.8 Å². The van der Waals surface area contributed by atoms with Crippen LogP contribution in [-0.2, 0) is 15.5 Å². The Labute approximate surface area is 231 Å². The van der Waals surface area contributed by atoms with Crippen LogP contribution in [0.5, 0.6) is 5.75 Å². The van der Waals surface area contributed by atoms with E-state index in [-0.39, 0.29) is 18.9 Å². The number of benzene rings is 1. The number of hydrogen-bond acceptors (Lipinski definition) is 8. The van der Waals surface area contributed by atoms with Gasteiger partial charge in [0.1, 0.15) is 18.2 Å². The first-order valence-electron chi connectivity index (χ1n) is 13.7. The summed E-state index contributed by atoms with van der Waals surface area (Å²) in [5.41, 5.74) is 12.1. The van der Waals surface area contributed by atoms with Crippen LogP contribution in [0.2, 0.25) is 0 Å². The molecule has 15 heteroatoms. The van der Waals surface area contributed by atoms with Crippen molar-refractivity contribution in [1.82, 2.24) is 21.1 Å². The lowest BCUT2D eigenvalue weighted by molar-refractivity contribution is -0.274. The fourth-order valence-electron chi connectivity index (χ4n) is 6.45. The largest absolute Gasteiger partial charge is 0.573 e. The maximum Gasteiger partial charge on any atom is 0.573 e. The summed E-state index contributed by atoms with van der Waals surface area (Å²) in [4.78, 5) is 2.62. The molecule has 0 aromatic heterocycles. The van der Waals surface area contributed by atoms with E-state index in [4.69, 9.17) is 10.5 Å². The number of nitrogens with zero attached hydrogens (tertiary/aromatic N) is 1. The predicted molar refractivity (Wildman–Crippen MR) is 134 cm³/mol. The van der Waals surface area contributed by atoms with Crippen LogP contribution in [0.1, 0.15) is 51.4 Å². The van der Waals surface area contributed by atoms with Gasteiger partial charge in [-0.05, 0) is 56.4 Å². The molecule has 4 aliphatic rings. The number of fused-ring (bicyclic) bond motifs is 7. The molecule has 9 atom stereocenters. The minimum absolute atomic E-state index is 0.0371. The molecular weight excluding hydrogens is 564 g/mol. The zero-order valence-electron chi connectivity index (χ0n) is 21.7. The smallest absolute Gasteiger partial charge is 0.406 e. The van der Waals surface area contributed by atoms with E-state index in [0.29, 0.717) is 17.7 Å². The summed E-state index contributed by atoms with van der Waals surface area (Å²) in [5, 5.41) is 2.97. The summed E-state index contributed by atoms with van der Waals surface area (Å²) in [6.07, 6.45) is -7.03. The van der Waals surface area contributed by atoms with E-state index in [1.807, 2.05) is 0 Å². The maximum atomic E-state index is 13.9. The van der Waals surface area contributed by atoms with Crippen molar-refractivity contribution in [3.63, 3.8) is 0 Å². The SMILES string of the molecule is NC1CC(S(=O)c2ccc(OC(F)(F)F)cc2)C2NC1C1NNC(O1)C(C(F)(F)F)CCCCC[C@@H]1CCCN21. The normalized spacial score (nSPS) is 37.0. The van der Waals surface area contributed by atoms with Crippen LogP contribution < -0.4 is 26.6 Å². The van der Waals surface area contributed by atoms with Gasteiger partial charge in [-0.1, -0.05) is 19.3 Å². The number of nitrogens with one attached hydrogen (secondary N) is 3. The van der Waals surface area contributed by atoms with E-state index < -0.39 is 71.0 Å². The van der Waals surface area contributed by atoms with Gasteiger partial charge in [-0.3, -0.25) is 14.4 Å². The Balaban J connectivity index is 1.40. The van der Waals surface area contributed by atoms with Crippen LogP contribution in [0, 0.1) is 5.92 Å².